The van der Waals surface area contributed by atoms with Gasteiger partial charge in [0, 0.05) is 6.54 Å². The summed E-state index contributed by atoms with van der Waals surface area (Å²) in [6, 6.07) is 9.39. The van der Waals surface area contributed by atoms with E-state index in [1.807, 2.05) is 30.3 Å². The van der Waals surface area contributed by atoms with Crippen LogP contribution in [0.4, 0.5) is 9.59 Å². The highest BCUT2D eigenvalue weighted by Gasteiger charge is 2.34. The van der Waals surface area contributed by atoms with E-state index in [9.17, 15) is 14.4 Å². The van der Waals surface area contributed by atoms with E-state index in [0.29, 0.717) is 13.1 Å². The summed E-state index contributed by atoms with van der Waals surface area (Å²) in [6.07, 6.45) is -1.32. The van der Waals surface area contributed by atoms with Gasteiger partial charge in [-0.05, 0) is 26.3 Å². The maximum atomic E-state index is 11.9. The van der Waals surface area contributed by atoms with Crippen LogP contribution in [-0.4, -0.2) is 54.4 Å². The average Bonchev–Trinajstić information content (AvgIpc) is 2.55. The van der Waals surface area contributed by atoms with Crippen molar-refractivity contribution in [1.29, 1.82) is 0 Å². The molecule has 1 N–H and O–H groups in total. The molecule has 27 heavy (non-hydrogen) atoms. The lowest BCUT2D eigenvalue weighted by Gasteiger charge is -2.37. The molecule has 8 heteroatoms. The molecule has 0 radical (unpaired) electrons. The first-order valence-electron chi connectivity index (χ1n) is 8.85. The van der Waals surface area contributed by atoms with Crippen LogP contribution in [0.5, 0.6) is 0 Å². The van der Waals surface area contributed by atoms with E-state index < -0.39 is 23.8 Å². The number of likely N-dealkylation sites (tertiary alicyclic amines) is 1. The normalized spacial score (nSPS) is 14.1. The molecule has 0 aromatic heterocycles. The molecule has 1 aromatic carbocycles. The molecule has 0 atom stereocenters. The molecular formula is C19H26N2O6. The van der Waals surface area contributed by atoms with Gasteiger partial charge in [0.25, 0.3) is 0 Å². The molecule has 1 aromatic rings. The van der Waals surface area contributed by atoms with Crippen molar-refractivity contribution in [3.63, 3.8) is 0 Å². The summed E-state index contributed by atoms with van der Waals surface area (Å²) in [5, 5.41) is 2.49. The fourth-order valence-corrected chi connectivity index (χ4v) is 2.30. The van der Waals surface area contributed by atoms with Crippen molar-refractivity contribution in [3.8, 4) is 0 Å². The zero-order valence-corrected chi connectivity index (χ0v) is 15.9. The lowest BCUT2D eigenvalue weighted by molar-refractivity contribution is -0.156. The fourth-order valence-electron chi connectivity index (χ4n) is 2.30. The van der Waals surface area contributed by atoms with Gasteiger partial charge in [0.15, 0.2) is 0 Å². The van der Waals surface area contributed by atoms with E-state index in [1.165, 1.54) is 4.90 Å². The first-order valence-corrected chi connectivity index (χ1v) is 8.85. The number of carbonyl (C=O) groups is 3. The Morgan fingerprint density at radius 1 is 1.15 bits per heavy atom. The largest absolute Gasteiger partial charge is 0.459 e. The number of esters is 1. The minimum Gasteiger partial charge on any atom is -0.459 e. The summed E-state index contributed by atoms with van der Waals surface area (Å²) in [4.78, 5) is 36.6. The third kappa shape index (κ3) is 7.55. The molecule has 8 nitrogen and oxygen atoms in total. The van der Waals surface area contributed by atoms with Crippen LogP contribution in [-0.2, 0) is 25.6 Å². The second-order valence-electron chi connectivity index (χ2n) is 7.24. The first kappa shape index (κ1) is 20.5. The summed E-state index contributed by atoms with van der Waals surface area (Å²) >= 11 is 0. The highest BCUT2D eigenvalue weighted by Crippen LogP contribution is 2.15. The van der Waals surface area contributed by atoms with Gasteiger partial charge >= 0.3 is 18.2 Å². The number of nitrogens with zero attached hydrogens (tertiary/aromatic N) is 1. The highest BCUT2D eigenvalue weighted by atomic mass is 16.6. The maximum Gasteiger partial charge on any atom is 0.410 e. The Kier molecular flexibility index (Phi) is 7.04. The lowest BCUT2D eigenvalue weighted by Crippen LogP contribution is -2.55. The molecule has 1 aliphatic rings. The SMILES string of the molecule is CC(C)(C)OC(=O)NCCC(=O)OC1CN(C(=O)OCc2ccccc2)C1. The smallest absolute Gasteiger partial charge is 0.410 e. The van der Waals surface area contributed by atoms with Crippen molar-refractivity contribution in [1.82, 2.24) is 10.2 Å². The topological polar surface area (TPSA) is 94.2 Å². The number of rotatable bonds is 6. The molecule has 0 spiro atoms. The molecule has 0 unspecified atom stereocenters. The molecule has 0 bridgehead atoms. The molecule has 1 saturated heterocycles. The molecular weight excluding hydrogens is 352 g/mol. The Morgan fingerprint density at radius 2 is 1.81 bits per heavy atom. The standard InChI is InChI=1S/C19H26N2O6/c1-19(2,3)27-17(23)20-10-9-16(22)26-15-11-21(12-15)18(24)25-13-14-7-5-4-6-8-14/h4-8,15H,9-13H2,1-3H3,(H,20,23). The van der Waals surface area contributed by atoms with Gasteiger partial charge < -0.3 is 24.4 Å². The zero-order valence-electron chi connectivity index (χ0n) is 15.9. The van der Waals surface area contributed by atoms with Crippen LogP contribution >= 0.6 is 0 Å². The van der Waals surface area contributed by atoms with E-state index in [1.54, 1.807) is 20.8 Å². The minimum absolute atomic E-state index is 0.0359. The van der Waals surface area contributed by atoms with E-state index in [4.69, 9.17) is 14.2 Å². The summed E-state index contributed by atoms with van der Waals surface area (Å²) < 4.78 is 15.5. The van der Waals surface area contributed by atoms with E-state index in [-0.39, 0.29) is 25.7 Å². The van der Waals surface area contributed by atoms with Crippen LogP contribution in [0.25, 0.3) is 0 Å². The number of hydrogen-bond donors (Lipinski definition) is 1. The quantitative estimate of drug-likeness (QED) is 0.604. The molecule has 2 rings (SSSR count). The number of hydrogen-bond acceptors (Lipinski definition) is 6. The molecule has 2 amide bonds. The van der Waals surface area contributed by atoms with Crippen LogP contribution in [0.1, 0.15) is 32.8 Å². The molecule has 1 fully saturated rings. The second-order valence-corrected chi connectivity index (χ2v) is 7.24. The predicted octanol–water partition coefficient (Wildman–Crippen LogP) is 2.47. The Bertz CT molecular complexity index is 650. The number of carbonyl (C=O) groups excluding carboxylic acids is 3. The zero-order chi connectivity index (χ0) is 19.9. The Hall–Kier alpha value is -2.77. The second kappa shape index (κ2) is 9.25. The number of alkyl carbamates (subject to hydrolysis) is 1. The third-order valence-electron chi connectivity index (χ3n) is 3.61. The van der Waals surface area contributed by atoms with Gasteiger partial charge in [-0.1, -0.05) is 30.3 Å². The fraction of sp³-hybridized carbons (Fsp3) is 0.526. The van der Waals surface area contributed by atoms with Gasteiger partial charge in [0.2, 0.25) is 0 Å². The maximum absolute atomic E-state index is 11.9. The van der Waals surface area contributed by atoms with Gasteiger partial charge in [0.1, 0.15) is 18.3 Å². The Morgan fingerprint density at radius 3 is 2.44 bits per heavy atom. The Labute approximate surface area is 158 Å². The summed E-state index contributed by atoms with van der Waals surface area (Å²) in [5.74, 6) is -0.437. The van der Waals surface area contributed by atoms with Crippen LogP contribution in [0.3, 0.4) is 0 Å². The summed E-state index contributed by atoms with van der Waals surface area (Å²) in [7, 11) is 0. The molecule has 148 valence electrons. The first-order chi connectivity index (χ1) is 12.7. The average molecular weight is 378 g/mol. The van der Waals surface area contributed by atoms with Crippen molar-refractivity contribution in [3.05, 3.63) is 35.9 Å². The number of nitrogens with one attached hydrogen (secondary N) is 1. The summed E-state index contributed by atoms with van der Waals surface area (Å²) in [6.45, 7) is 6.22. The van der Waals surface area contributed by atoms with Gasteiger partial charge in [0.05, 0.1) is 19.5 Å². The number of ether oxygens (including phenoxy) is 3. The highest BCUT2D eigenvalue weighted by molar-refractivity contribution is 5.73. The van der Waals surface area contributed by atoms with Gasteiger partial charge in [-0.15, -0.1) is 0 Å². The van der Waals surface area contributed by atoms with Crippen LogP contribution in [0.2, 0.25) is 0 Å². The summed E-state index contributed by atoms with van der Waals surface area (Å²) in [5.41, 5.74) is 0.321. The van der Waals surface area contributed by atoms with Crippen molar-refractivity contribution < 1.29 is 28.6 Å². The van der Waals surface area contributed by atoms with Crippen LogP contribution in [0.15, 0.2) is 30.3 Å². The van der Waals surface area contributed by atoms with E-state index >= 15 is 0 Å². The monoisotopic (exact) mass is 378 g/mol. The van der Waals surface area contributed by atoms with Crippen molar-refractivity contribution in [2.75, 3.05) is 19.6 Å². The molecule has 1 aliphatic heterocycles. The molecule has 1 heterocycles. The number of benzene rings is 1. The van der Waals surface area contributed by atoms with Crippen molar-refractivity contribution in [2.24, 2.45) is 0 Å². The molecule has 0 aliphatic carbocycles. The van der Waals surface area contributed by atoms with Gasteiger partial charge in [-0.2, -0.15) is 0 Å². The van der Waals surface area contributed by atoms with Crippen molar-refractivity contribution >= 4 is 18.2 Å². The van der Waals surface area contributed by atoms with Crippen molar-refractivity contribution in [2.45, 2.75) is 45.5 Å². The van der Waals surface area contributed by atoms with Gasteiger partial charge in [-0.3, -0.25) is 4.79 Å². The molecule has 0 saturated carbocycles. The van der Waals surface area contributed by atoms with Gasteiger partial charge in [-0.25, -0.2) is 9.59 Å². The van der Waals surface area contributed by atoms with Crippen LogP contribution in [0, 0.1) is 0 Å². The predicted molar refractivity (Wildman–Crippen MR) is 96.9 cm³/mol. The van der Waals surface area contributed by atoms with Crippen LogP contribution < -0.4 is 5.32 Å². The number of amides is 2. The lowest BCUT2D eigenvalue weighted by atomic mass is 10.2. The minimum atomic E-state index is -0.588. The van der Waals surface area contributed by atoms with E-state index in [0.717, 1.165) is 5.56 Å². The van der Waals surface area contributed by atoms with E-state index in [2.05, 4.69) is 5.32 Å². The Balaban J connectivity index is 1.56. The third-order valence-corrected chi connectivity index (χ3v) is 3.61.